The lowest BCUT2D eigenvalue weighted by Crippen LogP contribution is -2.33. The molecule has 0 saturated carbocycles. The van der Waals surface area contributed by atoms with E-state index in [1.165, 1.54) is 0 Å². The van der Waals surface area contributed by atoms with Gasteiger partial charge in [-0.15, -0.1) is 0 Å². The van der Waals surface area contributed by atoms with Crippen LogP contribution in [-0.2, 0) is 4.79 Å². The van der Waals surface area contributed by atoms with Crippen LogP contribution in [0.25, 0.3) is 0 Å². The second kappa shape index (κ2) is 3.36. The van der Waals surface area contributed by atoms with E-state index in [0.717, 1.165) is 0 Å². The highest BCUT2D eigenvalue weighted by molar-refractivity contribution is 5.80. The third-order valence-corrected chi connectivity index (χ3v) is 2.68. The van der Waals surface area contributed by atoms with Gasteiger partial charge in [0.05, 0.1) is 0 Å². The van der Waals surface area contributed by atoms with Gasteiger partial charge in [0.1, 0.15) is 5.41 Å². The van der Waals surface area contributed by atoms with Crippen LogP contribution in [0.1, 0.15) is 20.8 Å². The Morgan fingerprint density at radius 3 is 2.15 bits per heavy atom. The maximum absolute atomic E-state index is 11.1. The molecule has 0 heterocycles. The SMILES string of the molecule is CC1C=CC(C(=O)O)(C(C)C)C=C1. The van der Waals surface area contributed by atoms with Crippen molar-refractivity contribution < 1.29 is 9.90 Å². The minimum absolute atomic E-state index is 0.0880. The van der Waals surface area contributed by atoms with Crippen LogP contribution < -0.4 is 0 Å². The predicted molar refractivity (Wildman–Crippen MR) is 52.4 cm³/mol. The molecule has 0 radical (unpaired) electrons. The van der Waals surface area contributed by atoms with Crippen LogP contribution in [0, 0.1) is 17.3 Å². The van der Waals surface area contributed by atoms with E-state index in [1.807, 2.05) is 45.1 Å². The van der Waals surface area contributed by atoms with E-state index in [-0.39, 0.29) is 5.92 Å². The molecule has 0 spiro atoms. The van der Waals surface area contributed by atoms with Crippen molar-refractivity contribution in [1.29, 1.82) is 0 Å². The minimum atomic E-state index is -0.785. The Labute approximate surface area is 79.0 Å². The monoisotopic (exact) mass is 180 g/mol. The lowest BCUT2D eigenvalue weighted by atomic mass is 9.73. The fraction of sp³-hybridized carbons (Fsp3) is 0.545. The van der Waals surface area contributed by atoms with Gasteiger partial charge in [0.25, 0.3) is 0 Å². The van der Waals surface area contributed by atoms with Crippen molar-refractivity contribution in [2.75, 3.05) is 0 Å². The van der Waals surface area contributed by atoms with Crippen molar-refractivity contribution in [2.24, 2.45) is 17.3 Å². The maximum Gasteiger partial charge on any atom is 0.317 e. The zero-order chi connectivity index (χ0) is 10.1. The highest BCUT2D eigenvalue weighted by Gasteiger charge is 2.37. The van der Waals surface area contributed by atoms with Gasteiger partial charge in [0, 0.05) is 0 Å². The summed E-state index contributed by atoms with van der Waals surface area (Å²) in [5, 5.41) is 9.14. The van der Waals surface area contributed by atoms with E-state index in [2.05, 4.69) is 0 Å². The summed E-state index contributed by atoms with van der Waals surface area (Å²) >= 11 is 0. The van der Waals surface area contributed by atoms with Crippen LogP contribution in [0.4, 0.5) is 0 Å². The van der Waals surface area contributed by atoms with Gasteiger partial charge in [-0.2, -0.15) is 0 Å². The first-order valence-electron chi connectivity index (χ1n) is 4.61. The molecule has 2 heteroatoms. The fourth-order valence-corrected chi connectivity index (χ4v) is 1.52. The molecule has 1 rings (SSSR count). The van der Waals surface area contributed by atoms with Crippen molar-refractivity contribution in [2.45, 2.75) is 20.8 Å². The van der Waals surface area contributed by atoms with Crippen molar-refractivity contribution in [3.8, 4) is 0 Å². The van der Waals surface area contributed by atoms with Gasteiger partial charge in [-0.05, 0) is 11.8 Å². The third kappa shape index (κ3) is 1.67. The lowest BCUT2D eigenvalue weighted by molar-refractivity contribution is -0.145. The number of carboxylic acids is 1. The van der Waals surface area contributed by atoms with Crippen LogP contribution >= 0.6 is 0 Å². The summed E-state index contributed by atoms with van der Waals surface area (Å²) in [6.07, 6.45) is 7.53. The van der Waals surface area contributed by atoms with Gasteiger partial charge < -0.3 is 5.11 Å². The van der Waals surface area contributed by atoms with Crippen molar-refractivity contribution in [1.82, 2.24) is 0 Å². The molecule has 0 fully saturated rings. The molecular formula is C11H16O2. The molecule has 0 saturated heterocycles. The van der Waals surface area contributed by atoms with Gasteiger partial charge in [0.15, 0.2) is 0 Å². The van der Waals surface area contributed by atoms with Crippen LogP contribution in [-0.4, -0.2) is 11.1 Å². The summed E-state index contributed by atoms with van der Waals surface area (Å²) in [4.78, 5) is 11.1. The van der Waals surface area contributed by atoms with Gasteiger partial charge in [-0.1, -0.05) is 45.1 Å². The standard InChI is InChI=1S/C11H16O2/c1-8(2)11(10(12)13)6-4-9(3)5-7-11/h4-9H,1-3H3,(H,12,13). The summed E-state index contributed by atoms with van der Waals surface area (Å²) in [6, 6.07) is 0. The smallest absolute Gasteiger partial charge is 0.317 e. The summed E-state index contributed by atoms with van der Waals surface area (Å²) in [6.45, 7) is 5.90. The fourth-order valence-electron chi connectivity index (χ4n) is 1.52. The van der Waals surface area contributed by atoms with Gasteiger partial charge in [0.2, 0.25) is 0 Å². The van der Waals surface area contributed by atoms with E-state index in [9.17, 15) is 4.79 Å². The Morgan fingerprint density at radius 2 is 1.85 bits per heavy atom. The normalized spacial score (nSPS) is 32.5. The number of carbonyl (C=O) groups is 1. The van der Waals surface area contributed by atoms with E-state index in [0.29, 0.717) is 5.92 Å². The predicted octanol–water partition coefficient (Wildman–Crippen LogP) is 2.48. The first kappa shape index (κ1) is 10.0. The molecule has 0 aromatic carbocycles. The summed E-state index contributed by atoms with van der Waals surface area (Å²) in [5.74, 6) is -0.321. The van der Waals surface area contributed by atoms with Crippen molar-refractivity contribution >= 4 is 5.97 Å². The van der Waals surface area contributed by atoms with E-state index in [1.54, 1.807) is 0 Å². The first-order chi connectivity index (χ1) is 5.99. The van der Waals surface area contributed by atoms with Gasteiger partial charge in [-0.25, -0.2) is 0 Å². The molecule has 0 bridgehead atoms. The van der Waals surface area contributed by atoms with Crippen LogP contribution in [0.3, 0.4) is 0 Å². The van der Waals surface area contributed by atoms with Gasteiger partial charge in [-0.3, -0.25) is 4.79 Å². The molecule has 0 unspecified atom stereocenters. The second-order valence-electron chi connectivity index (χ2n) is 3.97. The molecule has 13 heavy (non-hydrogen) atoms. The lowest BCUT2D eigenvalue weighted by Gasteiger charge is -2.29. The largest absolute Gasteiger partial charge is 0.480 e. The van der Waals surface area contributed by atoms with E-state index < -0.39 is 11.4 Å². The third-order valence-electron chi connectivity index (χ3n) is 2.68. The Balaban J connectivity index is 3.02. The summed E-state index contributed by atoms with van der Waals surface area (Å²) in [5.41, 5.74) is -0.785. The summed E-state index contributed by atoms with van der Waals surface area (Å²) in [7, 11) is 0. The molecule has 1 aliphatic carbocycles. The number of hydrogen-bond acceptors (Lipinski definition) is 1. The summed E-state index contributed by atoms with van der Waals surface area (Å²) < 4.78 is 0. The number of rotatable bonds is 2. The van der Waals surface area contributed by atoms with Crippen LogP contribution in [0.2, 0.25) is 0 Å². The van der Waals surface area contributed by atoms with Crippen LogP contribution in [0.5, 0.6) is 0 Å². The zero-order valence-electron chi connectivity index (χ0n) is 8.32. The quantitative estimate of drug-likeness (QED) is 0.663. The van der Waals surface area contributed by atoms with Crippen LogP contribution in [0.15, 0.2) is 24.3 Å². The average molecular weight is 180 g/mol. The number of allylic oxidation sites excluding steroid dienone is 2. The van der Waals surface area contributed by atoms with Crippen molar-refractivity contribution in [3.63, 3.8) is 0 Å². The Morgan fingerprint density at radius 1 is 1.38 bits per heavy atom. The average Bonchev–Trinajstić information content (AvgIpc) is 2.04. The maximum atomic E-state index is 11.1. The highest BCUT2D eigenvalue weighted by atomic mass is 16.4. The molecule has 1 aliphatic rings. The molecule has 0 aromatic rings. The Bertz CT molecular complexity index is 247. The molecule has 0 aliphatic heterocycles. The topological polar surface area (TPSA) is 37.3 Å². The number of carboxylic acid groups (broad SMARTS) is 1. The van der Waals surface area contributed by atoms with Gasteiger partial charge >= 0.3 is 5.97 Å². The number of aliphatic carboxylic acids is 1. The molecule has 2 nitrogen and oxygen atoms in total. The molecule has 0 aromatic heterocycles. The molecule has 1 N–H and O–H groups in total. The van der Waals surface area contributed by atoms with E-state index >= 15 is 0 Å². The second-order valence-corrected chi connectivity index (χ2v) is 3.97. The Kier molecular flexibility index (Phi) is 2.60. The highest BCUT2D eigenvalue weighted by Crippen LogP contribution is 2.35. The Hall–Kier alpha value is -1.05. The first-order valence-corrected chi connectivity index (χ1v) is 4.61. The zero-order valence-corrected chi connectivity index (χ0v) is 8.32. The molecular weight excluding hydrogens is 164 g/mol. The number of hydrogen-bond donors (Lipinski definition) is 1. The van der Waals surface area contributed by atoms with E-state index in [4.69, 9.17) is 5.11 Å². The van der Waals surface area contributed by atoms with Crippen molar-refractivity contribution in [3.05, 3.63) is 24.3 Å². The molecule has 0 amide bonds. The molecule has 0 atom stereocenters. The molecule has 72 valence electrons. The minimum Gasteiger partial charge on any atom is -0.480 e.